The van der Waals surface area contributed by atoms with Gasteiger partial charge in [0, 0.05) is 36.3 Å². The zero-order valence-corrected chi connectivity index (χ0v) is 21.3. The maximum absolute atomic E-state index is 13.9. The molecular weight excluding hydrogens is 480 g/mol. The summed E-state index contributed by atoms with van der Waals surface area (Å²) in [6.07, 6.45) is 1.60. The van der Waals surface area contributed by atoms with E-state index in [0.717, 1.165) is 0 Å². The Morgan fingerprint density at radius 1 is 1.16 bits per heavy atom. The molecule has 0 saturated heterocycles. The van der Waals surface area contributed by atoms with Gasteiger partial charge in [0.25, 0.3) is 11.5 Å². The molecule has 194 valence electrons. The van der Waals surface area contributed by atoms with Crippen molar-refractivity contribution in [3.8, 4) is 22.6 Å². The van der Waals surface area contributed by atoms with Crippen LogP contribution in [0.3, 0.4) is 0 Å². The number of aromatic amines is 1. The van der Waals surface area contributed by atoms with E-state index in [1.807, 2.05) is 0 Å². The fraction of sp³-hybridized carbons (Fsp3) is 0.286. The van der Waals surface area contributed by atoms with Crippen molar-refractivity contribution < 1.29 is 23.4 Å². The number of nitrogens with zero attached hydrogens (tertiary/aromatic N) is 1. The molecule has 0 spiro atoms. The molecule has 2 aromatic heterocycles. The van der Waals surface area contributed by atoms with Crippen molar-refractivity contribution in [1.29, 1.82) is 0 Å². The number of benzene rings is 2. The summed E-state index contributed by atoms with van der Waals surface area (Å²) in [4.78, 5) is 28.3. The van der Waals surface area contributed by atoms with Gasteiger partial charge in [-0.05, 0) is 74.7 Å². The molecule has 4 rings (SSSR count). The Kier molecular flexibility index (Phi) is 6.92. The van der Waals surface area contributed by atoms with E-state index in [1.54, 1.807) is 58.3 Å². The summed E-state index contributed by atoms with van der Waals surface area (Å²) in [6.45, 7) is 5.99. The predicted molar refractivity (Wildman–Crippen MR) is 138 cm³/mol. The Labute approximate surface area is 212 Å². The summed E-state index contributed by atoms with van der Waals surface area (Å²) >= 11 is 0. The highest BCUT2D eigenvalue weighted by Gasteiger charge is 2.26. The SMILES string of the molecule is CCNC(=O)c1cc2c(-c3cc(C(C)(O)CF)ccc3Oc3c(C)cc(F)cc3C)cn(C)c(=O)c2[nH]1. The molecule has 1 unspecified atom stereocenters. The topological polar surface area (TPSA) is 96.3 Å². The molecule has 0 bridgehead atoms. The van der Waals surface area contributed by atoms with Crippen molar-refractivity contribution in [2.75, 3.05) is 13.2 Å². The molecule has 0 fully saturated rings. The molecule has 0 aliphatic carbocycles. The van der Waals surface area contributed by atoms with Crippen LogP contribution in [-0.4, -0.2) is 33.8 Å². The molecule has 0 aliphatic heterocycles. The number of halogens is 2. The number of aliphatic hydroxyl groups is 1. The first-order valence-corrected chi connectivity index (χ1v) is 11.8. The summed E-state index contributed by atoms with van der Waals surface area (Å²) < 4.78 is 35.3. The fourth-order valence-corrected chi connectivity index (χ4v) is 4.34. The summed E-state index contributed by atoms with van der Waals surface area (Å²) in [5.74, 6) is 0.0412. The Bertz CT molecular complexity index is 1550. The summed E-state index contributed by atoms with van der Waals surface area (Å²) in [5, 5.41) is 13.8. The van der Waals surface area contributed by atoms with Gasteiger partial charge in [-0.15, -0.1) is 0 Å². The van der Waals surface area contributed by atoms with Crippen LogP contribution in [0.2, 0.25) is 0 Å². The van der Waals surface area contributed by atoms with Gasteiger partial charge in [0.05, 0.1) is 0 Å². The Balaban J connectivity index is 2.01. The highest BCUT2D eigenvalue weighted by Crippen LogP contribution is 2.41. The maximum Gasteiger partial charge on any atom is 0.274 e. The molecule has 2 aromatic carbocycles. The molecule has 0 radical (unpaired) electrons. The van der Waals surface area contributed by atoms with Crippen LogP contribution < -0.4 is 15.6 Å². The lowest BCUT2D eigenvalue weighted by Gasteiger charge is -2.23. The molecule has 4 aromatic rings. The zero-order valence-electron chi connectivity index (χ0n) is 21.3. The molecule has 0 saturated carbocycles. The number of pyridine rings is 1. The lowest BCUT2D eigenvalue weighted by molar-refractivity contribution is 0.0300. The van der Waals surface area contributed by atoms with E-state index in [1.165, 1.54) is 23.6 Å². The molecule has 2 heterocycles. The molecule has 9 heteroatoms. The first-order valence-electron chi connectivity index (χ1n) is 11.8. The lowest BCUT2D eigenvalue weighted by atomic mass is 9.92. The van der Waals surface area contributed by atoms with Gasteiger partial charge >= 0.3 is 0 Å². The van der Waals surface area contributed by atoms with E-state index >= 15 is 0 Å². The van der Waals surface area contributed by atoms with Gasteiger partial charge in [0.2, 0.25) is 0 Å². The molecule has 37 heavy (non-hydrogen) atoms. The number of H-pyrrole nitrogens is 1. The third kappa shape index (κ3) is 4.86. The lowest BCUT2D eigenvalue weighted by Crippen LogP contribution is -2.23. The number of carbonyl (C=O) groups excluding carboxylic acids is 1. The van der Waals surface area contributed by atoms with E-state index in [2.05, 4.69) is 10.3 Å². The number of nitrogens with one attached hydrogen (secondary N) is 2. The predicted octanol–water partition coefficient (Wildman–Crippen LogP) is 5.01. The first kappa shape index (κ1) is 26.1. The van der Waals surface area contributed by atoms with E-state index in [4.69, 9.17) is 4.74 Å². The fourth-order valence-electron chi connectivity index (χ4n) is 4.34. The molecule has 0 aliphatic rings. The van der Waals surface area contributed by atoms with Gasteiger partial charge in [-0.1, -0.05) is 6.07 Å². The molecule has 1 atom stereocenters. The van der Waals surface area contributed by atoms with Crippen LogP contribution in [0.1, 0.15) is 41.0 Å². The second-order valence-corrected chi connectivity index (χ2v) is 9.38. The minimum absolute atomic E-state index is 0.209. The number of fused-ring (bicyclic) bond motifs is 1. The van der Waals surface area contributed by atoms with Crippen molar-refractivity contribution in [1.82, 2.24) is 14.9 Å². The summed E-state index contributed by atoms with van der Waals surface area (Å²) in [6, 6.07) is 9.06. The molecule has 7 nitrogen and oxygen atoms in total. The number of aromatic nitrogens is 2. The highest BCUT2D eigenvalue weighted by atomic mass is 19.1. The van der Waals surface area contributed by atoms with Crippen molar-refractivity contribution in [3.63, 3.8) is 0 Å². The first-order chi connectivity index (χ1) is 17.5. The quantitative estimate of drug-likeness (QED) is 0.326. The number of ether oxygens (including phenoxy) is 1. The minimum Gasteiger partial charge on any atom is -0.456 e. The smallest absolute Gasteiger partial charge is 0.274 e. The molecule has 3 N–H and O–H groups in total. The van der Waals surface area contributed by atoms with Gasteiger partial charge in [0.15, 0.2) is 0 Å². The van der Waals surface area contributed by atoms with Crippen LogP contribution >= 0.6 is 0 Å². The van der Waals surface area contributed by atoms with E-state index in [0.29, 0.717) is 51.2 Å². The van der Waals surface area contributed by atoms with E-state index < -0.39 is 12.3 Å². The van der Waals surface area contributed by atoms with Crippen LogP contribution in [0.4, 0.5) is 8.78 Å². The van der Waals surface area contributed by atoms with Gasteiger partial charge < -0.3 is 24.7 Å². The third-order valence-corrected chi connectivity index (χ3v) is 6.34. The largest absolute Gasteiger partial charge is 0.456 e. The number of hydrogen-bond donors (Lipinski definition) is 3. The molecular formula is C28H29F2N3O4. The van der Waals surface area contributed by atoms with Crippen LogP contribution in [0.25, 0.3) is 22.0 Å². The Morgan fingerprint density at radius 3 is 2.46 bits per heavy atom. The second-order valence-electron chi connectivity index (χ2n) is 9.38. The molecule has 1 amide bonds. The van der Waals surface area contributed by atoms with E-state index in [9.17, 15) is 23.5 Å². The normalized spacial score (nSPS) is 13.0. The van der Waals surface area contributed by atoms with Gasteiger partial charge in [-0.25, -0.2) is 8.78 Å². The van der Waals surface area contributed by atoms with Crippen LogP contribution in [0, 0.1) is 19.7 Å². The van der Waals surface area contributed by atoms with Crippen molar-refractivity contribution in [3.05, 3.63) is 81.2 Å². The number of hydrogen-bond acceptors (Lipinski definition) is 4. The van der Waals surface area contributed by atoms with Crippen LogP contribution in [0.5, 0.6) is 11.5 Å². The van der Waals surface area contributed by atoms with Crippen molar-refractivity contribution in [2.45, 2.75) is 33.3 Å². The summed E-state index contributed by atoms with van der Waals surface area (Å²) in [5.41, 5.74) is 0.747. The average molecular weight is 510 g/mol. The van der Waals surface area contributed by atoms with Gasteiger partial charge in [-0.2, -0.15) is 0 Å². The Morgan fingerprint density at radius 2 is 1.84 bits per heavy atom. The van der Waals surface area contributed by atoms with Crippen LogP contribution in [0.15, 0.2) is 47.4 Å². The number of aryl methyl sites for hydroxylation is 3. The maximum atomic E-state index is 13.9. The number of alkyl halides is 1. The standard InChI is InChI=1S/C28H29F2N3O4/c1-6-31-26(34)22-12-20-21(13-33(5)27(35)24(20)32-22)19-11-17(28(4,36)14-29)7-8-23(19)37-25-15(2)9-18(30)10-16(25)3/h7-13,32,36H,6,14H2,1-5H3,(H,31,34). The third-order valence-electron chi connectivity index (χ3n) is 6.34. The van der Waals surface area contributed by atoms with Crippen LogP contribution in [-0.2, 0) is 12.6 Å². The minimum atomic E-state index is -1.76. The number of rotatable bonds is 7. The van der Waals surface area contributed by atoms with Gasteiger partial charge in [0.1, 0.15) is 40.8 Å². The number of carbonyl (C=O) groups is 1. The van der Waals surface area contributed by atoms with E-state index in [-0.39, 0.29) is 28.5 Å². The second kappa shape index (κ2) is 9.82. The summed E-state index contributed by atoms with van der Waals surface area (Å²) in [7, 11) is 1.58. The monoisotopic (exact) mass is 509 g/mol. The Hall–Kier alpha value is -3.98. The average Bonchev–Trinajstić information content (AvgIpc) is 3.30. The number of amides is 1. The van der Waals surface area contributed by atoms with Gasteiger partial charge in [-0.3, -0.25) is 9.59 Å². The van der Waals surface area contributed by atoms with Crippen molar-refractivity contribution >= 4 is 16.8 Å². The van der Waals surface area contributed by atoms with Crippen molar-refractivity contribution in [2.24, 2.45) is 7.05 Å². The zero-order chi connectivity index (χ0) is 27.1. The highest BCUT2D eigenvalue weighted by molar-refractivity contribution is 6.03.